The van der Waals surface area contributed by atoms with E-state index in [1.165, 1.54) is 11.1 Å². The van der Waals surface area contributed by atoms with Crippen molar-refractivity contribution in [1.82, 2.24) is 5.32 Å². The summed E-state index contributed by atoms with van der Waals surface area (Å²) in [6.45, 7) is 1.64. The SMILES string of the molecule is Nc1cccc(CNCc2ccc(Cl)cc2)c1. The third-order valence-electron chi connectivity index (χ3n) is 2.52. The molecule has 0 spiro atoms. The highest BCUT2D eigenvalue weighted by atomic mass is 35.5. The van der Waals surface area contributed by atoms with Gasteiger partial charge in [0.2, 0.25) is 0 Å². The predicted molar refractivity (Wildman–Crippen MR) is 72.9 cm³/mol. The molecular formula is C14H15ClN2. The molecule has 17 heavy (non-hydrogen) atoms. The van der Waals surface area contributed by atoms with Gasteiger partial charge in [-0.05, 0) is 35.4 Å². The van der Waals surface area contributed by atoms with Gasteiger partial charge in [-0.3, -0.25) is 0 Å². The Bertz CT molecular complexity index is 480. The molecule has 88 valence electrons. The fourth-order valence-electron chi connectivity index (χ4n) is 1.66. The molecule has 0 bridgehead atoms. The van der Waals surface area contributed by atoms with Crippen molar-refractivity contribution in [2.75, 3.05) is 5.73 Å². The predicted octanol–water partition coefficient (Wildman–Crippen LogP) is 3.21. The summed E-state index contributed by atoms with van der Waals surface area (Å²) in [6, 6.07) is 15.7. The molecule has 0 aromatic heterocycles. The topological polar surface area (TPSA) is 38.0 Å². The molecule has 2 nitrogen and oxygen atoms in total. The second kappa shape index (κ2) is 5.71. The lowest BCUT2D eigenvalue weighted by Crippen LogP contribution is -2.12. The lowest BCUT2D eigenvalue weighted by molar-refractivity contribution is 0.693. The first kappa shape index (κ1) is 12.0. The molecule has 2 aromatic rings. The van der Waals surface area contributed by atoms with E-state index in [1.54, 1.807) is 0 Å². The monoisotopic (exact) mass is 246 g/mol. The van der Waals surface area contributed by atoms with Crippen molar-refractivity contribution in [3.8, 4) is 0 Å². The Morgan fingerprint density at radius 2 is 1.65 bits per heavy atom. The van der Waals surface area contributed by atoms with Crippen molar-refractivity contribution in [2.45, 2.75) is 13.1 Å². The molecule has 2 aromatic carbocycles. The maximum absolute atomic E-state index is 5.82. The fraction of sp³-hybridized carbons (Fsp3) is 0.143. The molecule has 0 atom stereocenters. The van der Waals surface area contributed by atoms with E-state index in [4.69, 9.17) is 17.3 Å². The second-order valence-corrected chi connectivity index (χ2v) is 4.41. The average molecular weight is 247 g/mol. The van der Waals surface area contributed by atoms with E-state index in [0.29, 0.717) is 0 Å². The van der Waals surface area contributed by atoms with E-state index in [9.17, 15) is 0 Å². The van der Waals surface area contributed by atoms with Crippen LogP contribution in [0.5, 0.6) is 0 Å². The molecule has 0 aliphatic heterocycles. The van der Waals surface area contributed by atoms with E-state index in [1.807, 2.05) is 42.5 Å². The van der Waals surface area contributed by atoms with Gasteiger partial charge in [0, 0.05) is 23.8 Å². The number of hydrogen-bond acceptors (Lipinski definition) is 2. The molecule has 0 heterocycles. The quantitative estimate of drug-likeness (QED) is 0.813. The van der Waals surface area contributed by atoms with Crippen LogP contribution in [-0.2, 0) is 13.1 Å². The third-order valence-corrected chi connectivity index (χ3v) is 2.77. The van der Waals surface area contributed by atoms with Gasteiger partial charge in [0.15, 0.2) is 0 Å². The van der Waals surface area contributed by atoms with Gasteiger partial charge in [-0.25, -0.2) is 0 Å². The Balaban J connectivity index is 1.85. The molecular weight excluding hydrogens is 232 g/mol. The first-order valence-electron chi connectivity index (χ1n) is 5.53. The summed E-state index contributed by atoms with van der Waals surface area (Å²) in [6.07, 6.45) is 0. The van der Waals surface area contributed by atoms with Gasteiger partial charge >= 0.3 is 0 Å². The molecule has 0 saturated heterocycles. The lowest BCUT2D eigenvalue weighted by Gasteiger charge is -2.06. The summed E-state index contributed by atoms with van der Waals surface area (Å²) in [4.78, 5) is 0. The maximum atomic E-state index is 5.82. The highest BCUT2D eigenvalue weighted by Gasteiger charge is 1.95. The van der Waals surface area contributed by atoms with Crippen molar-refractivity contribution >= 4 is 17.3 Å². The summed E-state index contributed by atoms with van der Waals surface area (Å²) in [7, 11) is 0. The molecule has 3 N–H and O–H groups in total. The van der Waals surface area contributed by atoms with Gasteiger partial charge < -0.3 is 11.1 Å². The van der Waals surface area contributed by atoms with Gasteiger partial charge in [-0.15, -0.1) is 0 Å². The van der Waals surface area contributed by atoms with E-state index < -0.39 is 0 Å². The first-order valence-corrected chi connectivity index (χ1v) is 5.91. The van der Waals surface area contributed by atoms with Crippen LogP contribution in [0.4, 0.5) is 5.69 Å². The van der Waals surface area contributed by atoms with Crippen molar-refractivity contribution in [3.63, 3.8) is 0 Å². The van der Waals surface area contributed by atoms with Crippen molar-refractivity contribution in [3.05, 3.63) is 64.7 Å². The zero-order chi connectivity index (χ0) is 12.1. The Morgan fingerprint density at radius 3 is 2.35 bits per heavy atom. The number of halogens is 1. The third kappa shape index (κ3) is 3.77. The van der Waals surface area contributed by atoms with Crippen LogP contribution < -0.4 is 11.1 Å². The highest BCUT2D eigenvalue weighted by molar-refractivity contribution is 6.30. The lowest BCUT2D eigenvalue weighted by atomic mass is 10.2. The zero-order valence-electron chi connectivity index (χ0n) is 9.49. The molecule has 0 amide bonds. The minimum atomic E-state index is 0.768. The molecule has 2 rings (SSSR count). The molecule has 0 unspecified atom stereocenters. The zero-order valence-corrected chi connectivity index (χ0v) is 10.2. The van der Waals surface area contributed by atoms with Gasteiger partial charge in [0.1, 0.15) is 0 Å². The van der Waals surface area contributed by atoms with Crippen LogP contribution in [0.25, 0.3) is 0 Å². The number of nitrogens with two attached hydrogens (primary N) is 1. The van der Waals surface area contributed by atoms with Crippen LogP contribution in [-0.4, -0.2) is 0 Å². The summed E-state index contributed by atoms with van der Waals surface area (Å²) < 4.78 is 0. The van der Waals surface area contributed by atoms with E-state index in [0.717, 1.165) is 23.8 Å². The van der Waals surface area contributed by atoms with E-state index in [2.05, 4.69) is 11.4 Å². The van der Waals surface area contributed by atoms with Crippen LogP contribution in [0.15, 0.2) is 48.5 Å². The molecule has 0 aliphatic carbocycles. The van der Waals surface area contributed by atoms with Crippen molar-refractivity contribution in [1.29, 1.82) is 0 Å². The van der Waals surface area contributed by atoms with Gasteiger partial charge in [-0.2, -0.15) is 0 Å². The smallest absolute Gasteiger partial charge is 0.0406 e. The number of hydrogen-bond donors (Lipinski definition) is 2. The van der Waals surface area contributed by atoms with Crippen LogP contribution in [0, 0.1) is 0 Å². The van der Waals surface area contributed by atoms with Crippen LogP contribution in [0.1, 0.15) is 11.1 Å². The van der Waals surface area contributed by atoms with Crippen LogP contribution in [0.3, 0.4) is 0 Å². The summed E-state index contributed by atoms with van der Waals surface area (Å²) in [5.41, 5.74) is 8.93. The Morgan fingerprint density at radius 1 is 0.941 bits per heavy atom. The van der Waals surface area contributed by atoms with Crippen molar-refractivity contribution in [2.24, 2.45) is 0 Å². The molecule has 3 heteroatoms. The molecule has 0 radical (unpaired) electrons. The highest BCUT2D eigenvalue weighted by Crippen LogP contribution is 2.10. The average Bonchev–Trinajstić information content (AvgIpc) is 2.32. The number of nitrogens with one attached hydrogen (secondary N) is 1. The minimum absolute atomic E-state index is 0.768. The van der Waals surface area contributed by atoms with Gasteiger partial charge in [-0.1, -0.05) is 35.9 Å². The second-order valence-electron chi connectivity index (χ2n) is 3.98. The summed E-state index contributed by atoms with van der Waals surface area (Å²) in [5.74, 6) is 0. The standard InChI is InChI=1S/C14H15ClN2/c15-13-6-4-11(5-7-13)9-17-10-12-2-1-3-14(16)8-12/h1-8,17H,9-10,16H2. The Kier molecular flexibility index (Phi) is 4.02. The number of nitrogen functional groups attached to an aromatic ring is 1. The number of anilines is 1. The Hall–Kier alpha value is -1.51. The van der Waals surface area contributed by atoms with Gasteiger partial charge in [0.05, 0.1) is 0 Å². The van der Waals surface area contributed by atoms with E-state index in [-0.39, 0.29) is 0 Å². The van der Waals surface area contributed by atoms with Gasteiger partial charge in [0.25, 0.3) is 0 Å². The largest absolute Gasteiger partial charge is 0.399 e. The first-order chi connectivity index (χ1) is 8.24. The van der Waals surface area contributed by atoms with Crippen LogP contribution in [0.2, 0.25) is 5.02 Å². The normalized spacial score (nSPS) is 10.4. The van der Waals surface area contributed by atoms with Crippen molar-refractivity contribution < 1.29 is 0 Å². The summed E-state index contributed by atoms with van der Waals surface area (Å²) in [5, 5.41) is 4.13. The minimum Gasteiger partial charge on any atom is -0.399 e. The van der Waals surface area contributed by atoms with E-state index >= 15 is 0 Å². The molecule has 0 saturated carbocycles. The summed E-state index contributed by atoms with van der Waals surface area (Å²) >= 11 is 5.82. The maximum Gasteiger partial charge on any atom is 0.0406 e. The number of benzene rings is 2. The number of rotatable bonds is 4. The fourth-order valence-corrected chi connectivity index (χ4v) is 1.78. The molecule has 0 fully saturated rings. The Labute approximate surface area is 106 Å². The van der Waals surface area contributed by atoms with Crippen LogP contribution >= 0.6 is 11.6 Å². The molecule has 0 aliphatic rings.